The van der Waals surface area contributed by atoms with Gasteiger partial charge in [-0.15, -0.1) is 0 Å². The normalized spacial score (nSPS) is 14.2. The number of carbonyl (C=O) groups is 1. The second-order valence-electron chi connectivity index (χ2n) is 5.50. The zero-order valence-electron chi connectivity index (χ0n) is 14.3. The van der Waals surface area contributed by atoms with Crippen molar-refractivity contribution in [3.05, 3.63) is 35.6 Å². The fourth-order valence-corrected chi connectivity index (χ4v) is 3.31. The highest BCUT2D eigenvalue weighted by Gasteiger charge is 2.14. The number of carbonyl (C=O) groups excluding carboxylic acids is 1. The number of halogens is 1. The van der Waals surface area contributed by atoms with Crippen LogP contribution in [-0.2, 0) is 9.53 Å². The lowest BCUT2D eigenvalue weighted by Crippen LogP contribution is -2.36. The largest absolute Gasteiger partial charge is 0.495 e. The third-order valence-electron chi connectivity index (χ3n) is 3.75. The molecule has 1 fully saturated rings. The number of nitrogens with zero attached hydrogens (tertiary/aromatic N) is 3. The lowest BCUT2D eigenvalue weighted by atomic mass is 10.3. The molecule has 0 bridgehead atoms. The van der Waals surface area contributed by atoms with E-state index in [0.717, 1.165) is 23.9 Å². The standard InChI is InChI=1S/C17H19ClN4O3S/c1-24-14-3-2-12(18)8-13(14)21-16(23)10-26-17-9-15(19-11-20-17)22-4-6-25-7-5-22/h2-3,8-9,11H,4-7,10H2,1H3,(H,21,23). The zero-order valence-corrected chi connectivity index (χ0v) is 15.8. The van der Waals surface area contributed by atoms with E-state index < -0.39 is 0 Å². The van der Waals surface area contributed by atoms with Gasteiger partial charge in [-0.2, -0.15) is 0 Å². The Morgan fingerprint density at radius 3 is 2.92 bits per heavy atom. The van der Waals surface area contributed by atoms with Gasteiger partial charge in [-0.25, -0.2) is 9.97 Å². The van der Waals surface area contributed by atoms with Crippen molar-refractivity contribution in [3.8, 4) is 5.75 Å². The summed E-state index contributed by atoms with van der Waals surface area (Å²) in [7, 11) is 1.54. The average molecular weight is 395 g/mol. The summed E-state index contributed by atoms with van der Waals surface area (Å²) in [6, 6.07) is 6.97. The first kappa shape index (κ1) is 18.8. The van der Waals surface area contributed by atoms with E-state index in [1.54, 1.807) is 25.3 Å². The van der Waals surface area contributed by atoms with Gasteiger partial charge >= 0.3 is 0 Å². The van der Waals surface area contributed by atoms with Crippen LogP contribution in [0.3, 0.4) is 0 Å². The molecule has 2 aromatic rings. The minimum Gasteiger partial charge on any atom is -0.495 e. The number of hydrogen-bond acceptors (Lipinski definition) is 7. The lowest BCUT2D eigenvalue weighted by molar-refractivity contribution is -0.113. The first-order valence-corrected chi connectivity index (χ1v) is 9.43. The number of aromatic nitrogens is 2. The Labute approximate surface area is 161 Å². The van der Waals surface area contributed by atoms with Crippen molar-refractivity contribution in [2.24, 2.45) is 0 Å². The number of benzene rings is 1. The van der Waals surface area contributed by atoms with Gasteiger partial charge < -0.3 is 19.7 Å². The minimum atomic E-state index is -0.165. The van der Waals surface area contributed by atoms with Crippen molar-refractivity contribution in [1.29, 1.82) is 0 Å². The Morgan fingerprint density at radius 2 is 2.15 bits per heavy atom. The van der Waals surface area contributed by atoms with Crippen LogP contribution in [0, 0.1) is 0 Å². The van der Waals surface area contributed by atoms with E-state index >= 15 is 0 Å². The predicted octanol–water partition coefficient (Wildman–Crippen LogP) is 2.71. The minimum absolute atomic E-state index is 0.165. The fraction of sp³-hybridized carbons (Fsp3) is 0.353. The molecule has 0 spiro atoms. The molecule has 1 aromatic carbocycles. The first-order chi connectivity index (χ1) is 12.7. The van der Waals surface area contributed by atoms with Crippen molar-refractivity contribution in [3.63, 3.8) is 0 Å². The molecule has 0 unspecified atom stereocenters. The summed E-state index contributed by atoms with van der Waals surface area (Å²) in [6.45, 7) is 2.99. The lowest BCUT2D eigenvalue weighted by Gasteiger charge is -2.27. The van der Waals surface area contributed by atoms with Crippen LogP contribution in [0.15, 0.2) is 35.6 Å². The summed E-state index contributed by atoms with van der Waals surface area (Å²) in [5, 5.41) is 4.08. The summed E-state index contributed by atoms with van der Waals surface area (Å²) in [5.74, 6) is 1.46. The van der Waals surface area contributed by atoms with E-state index in [-0.39, 0.29) is 11.7 Å². The molecule has 7 nitrogen and oxygen atoms in total. The monoisotopic (exact) mass is 394 g/mol. The summed E-state index contributed by atoms with van der Waals surface area (Å²) >= 11 is 7.33. The number of rotatable bonds is 6. The summed E-state index contributed by atoms with van der Waals surface area (Å²) in [4.78, 5) is 22.9. The van der Waals surface area contributed by atoms with Crippen LogP contribution in [0.4, 0.5) is 11.5 Å². The number of anilines is 2. The maximum atomic E-state index is 12.3. The summed E-state index contributed by atoms with van der Waals surface area (Å²) < 4.78 is 10.6. The number of thioether (sulfide) groups is 1. The van der Waals surface area contributed by atoms with Gasteiger partial charge in [0.1, 0.15) is 22.9 Å². The highest BCUT2D eigenvalue weighted by atomic mass is 35.5. The average Bonchev–Trinajstić information content (AvgIpc) is 2.67. The van der Waals surface area contributed by atoms with Crippen molar-refractivity contribution >= 4 is 40.8 Å². The molecule has 1 amide bonds. The Kier molecular flexibility index (Phi) is 6.54. The molecule has 0 aliphatic carbocycles. The smallest absolute Gasteiger partial charge is 0.234 e. The molecule has 1 aromatic heterocycles. The molecular formula is C17H19ClN4O3S. The molecule has 1 N–H and O–H groups in total. The van der Waals surface area contributed by atoms with E-state index in [0.29, 0.717) is 29.7 Å². The maximum Gasteiger partial charge on any atom is 0.234 e. The Bertz CT molecular complexity index is 771. The topological polar surface area (TPSA) is 76.6 Å². The van der Waals surface area contributed by atoms with Crippen LogP contribution >= 0.6 is 23.4 Å². The molecule has 9 heteroatoms. The molecule has 1 aliphatic rings. The van der Waals surface area contributed by atoms with Crippen molar-refractivity contribution in [2.75, 3.05) is 49.4 Å². The second kappa shape index (κ2) is 9.07. The molecule has 26 heavy (non-hydrogen) atoms. The molecule has 0 saturated carbocycles. The molecule has 0 radical (unpaired) electrons. The number of morpholine rings is 1. The van der Waals surface area contributed by atoms with Gasteiger partial charge in [0.2, 0.25) is 5.91 Å². The maximum absolute atomic E-state index is 12.3. The molecule has 138 valence electrons. The SMILES string of the molecule is COc1ccc(Cl)cc1NC(=O)CSc1cc(N2CCOCC2)ncn1. The van der Waals surface area contributed by atoms with Crippen LogP contribution in [0.5, 0.6) is 5.75 Å². The van der Waals surface area contributed by atoms with Crippen molar-refractivity contribution < 1.29 is 14.3 Å². The van der Waals surface area contributed by atoms with Gasteiger partial charge in [-0.1, -0.05) is 23.4 Å². The number of methoxy groups -OCH3 is 1. The highest BCUT2D eigenvalue weighted by Crippen LogP contribution is 2.28. The van der Waals surface area contributed by atoms with Gasteiger partial charge in [0.15, 0.2) is 0 Å². The summed E-state index contributed by atoms with van der Waals surface area (Å²) in [5.41, 5.74) is 0.544. The van der Waals surface area contributed by atoms with Crippen molar-refractivity contribution in [2.45, 2.75) is 5.03 Å². The van der Waals surface area contributed by atoms with Crippen LogP contribution < -0.4 is 15.0 Å². The molecule has 0 atom stereocenters. The Balaban J connectivity index is 1.58. The van der Waals surface area contributed by atoms with E-state index in [9.17, 15) is 4.79 Å². The van der Waals surface area contributed by atoms with Gasteiger partial charge in [0, 0.05) is 24.2 Å². The quantitative estimate of drug-likeness (QED) is 0.596. The van der Waals surface area contributed by atoms with E-state index in [4.69, 9.17) is 21.1 Å². The molecular weight excluding hydrogens is 376 g/mol. The Hall–Kier alpha value is -2.03. The van der Waals surface area contributed by atoms with E-state index in [2.05, 4.69) is 20.2 Å². The van der Waals surface area contributed by atoms with Crippen LogP contribution in [0.25, 0.3) is 0 Å². The molecule has 2 heterocycles. The first-order valence-electron chi connectivity index (χ1n) is 8.06. The van der Waals surface area contributed by atoms with Gasteiger partial charge in [0.25, 0.3) is 0 Å². The molecule has 1 aliphatic heterocycles. The Morgan fingerprint density at radius 1 is 1.35 bits per heavy atom. The van der Waals surface area contributed by atoms with Gasteiger partial charge in [-0.05, 0) is 18.2 Å². The fourth-order valence-electron chi connectivity index (χ4n) is 2.48. The highest BCUT2D eigenvalue weighted by molar-refractivity contribution is 7.99. The van der Waals surface area contributed by atoms with Crippen LogP contribution in [0.2, 0.25) is 5.02 Å². The van der Waals surface area contributed by atoms with E-state index in [1.165, 1.54) is 18.1 Å². The van der Waals surface area contributed by atoms with Crippen LogP contribution in [0.1, 0.15) is 0 Å². The molecule has 1 saturated heterocycles. The number of amides is 1. The van der Waals surface area contributed by atoms with Crippen molar-refractivity contribution in [1.82, 2.24) is 9.97 Å². The third kappa shape index (κ3) is 5.00. The van der Waals surface area contributed by atoms with Gasteiger partial charge in [0.05, 0.1) is 31.8 Å². The van der Waals surface area contributed by atoms with E-state index in [1.807, 2.05) is 6.07 Å². The summed E-state index contributed by atoms with van der Waals surface area (Å²) in [6.07, 6.45) is 1.52. The van der Waals surface area contributed by atoms with Gasteiger partial charge in [-0.3, -0.25) is 4.79 Å². The van der Waals surface area contributed by atoms with Crippen LogP contribution in [-0.4, -0.2) is 55.0 Å². The second-order valence-corrected chi connectivity index (χ2v) is 6.93. The number of hydrogen-bond donors (Lipinski definition) is 1. The third-order valence-corrected chi connectivity index (χ3v) is 4.91. The molecule has 3 rings (SSSR count). The number of ether oxygens (including phenoxy) is 2. The zero-order chi connectivity index (χ0) is 18.4. The number of nitrogens with one attached hydrogen (secondary N) is 1. The predicted molar refractivity (Wildman–Crippen MR) is 102 cm³/mol.